The molecule has 2 aliphatic rings. The summed E-state index contributed by atoms with van der Waals surface area (Å²) < 4.78 is 10.9. The molecule has 0 bridgehead atoms. The number of anilines is 2. The third-order valence-corrected chi connectivity index (χ3v) is 4.57. The summed E-state index contributed by atoms with van der Waals surface area (Å²) in [5, 5.41) is 3.34. The number of ether oxygens (including phenoxy) is 2. The van der Waals surface area contributed by atoms with Crippen molar-refractivity contribution < 1.29 is 14.3 Å². The number of unbranched alkanes of at least 4 members (excludes halogenated alkanes) is 4. The fourth-order valence-electron chi connectivity index (χ4n) is 3.21. The fourth-order valence-corrected chi connectivity index (χ4v) is 3.21. The van der Waals surface area contributed by atoms with Crippen LogP contribution in [0.3, 0.4) is 0 Å². The molecule has 2 aliphatic heterocycles. The minimum Gasteiger partial charge on any atom is -0.454 e. The third kappa shape index (κ3) is 3.23. The number of fused-ring (bicyclic) bond motifs is 2. The van der Waals surface area contributed by atoms with Gasteiger partial charge in [0.1, 0.15) is 6.04 Å². The van der Waals surface area contributed by atoms with E-state index in [4.69, 9.17) is 9.47 Å². The standard InChI is InChI=1S/C18H26N2O3/c1-3-5-6-7-8-9-20-15-11-17-16(22-12-23-17)10-14(15)19-13(4-2)18(20)21/h10-11,13,19H,3-9,12H2,1-2H3. The molecule has 3 rings (SSSR count). The van der Waals surface area contributed by atoms with Crippen molar-refractivity contribution in [2.24, 2.45) is 0 Å². The van der Waals surface area contributed by atoms with Gasteiger partial charge in [-0.1, -0.05) is 39.5 Å². The summed E-state index contributed by atoms with van der Waals surface area (Å²) in [7, 11) is 0. The number of hydrogen-bond donors (Lipinski definition) is 1. The lowest BCUT2D eigenvalue weighted by atomic mass is 10.0. The Morgan fingerprint density at radius 2 is 1.87 bits per heavy atom. The molecule has 23 heavy (non-hydrogen) atoms. The van der Waals surface area contributed by atoms with Gasteiger partial charge in [0.25, 0.3) is 0 Å². The maximum Gasteiger partial charge on any atom is 0.249 e. The van der Waals surface area contributed by atoms with Crippen LogP contribution in [0, 0.1) is 0 Å². The Hall–Kier alpha value is -1.91. The van der Waals surface area contributed by atoms with Crippen molar-refractivity contribution in [2.45, 2.75) is 58.4 Å². The maximum absolute atomic E-state index is 12.7. The van der Waals surface area contributed by atoms with E-state index >= 15 is 0 Å². The molecule has 0 radical (unpaired) electrons. The zero-order chi connectivity index (χ0) is 16.2. The van der Waals surface area contributed by atoms with Gasteiger partial charge in [-0.2, -0.15) is 0 Å². The number of benzene rings is 1. The topological polar surface area (TPSA) is 50.8 Å². The van der Waals surface area contributed by atoms with Gasteiger partial charge >= 0.3 is 0 Å². The Balaban J connectivity index is 1.78. The summed E-state index contributed by atoms with van der Waals surface area (Å²) >= 11 is 0. The molecule has 0 aliphatic carbocycles. The van der Waals surface area contributed by atoms with E-state index in [0.717, 1.165) is 42.3 Å². The molecule has 1 aromatic carbocycles. The second kappa shape index (κ2) is 7.11. The van der Waals surface area contributed by atoms with E-state index in [0.29, 0.717) is 0 Å². The predicted molar refractivity (Wildman–Crippen MR) is 91.4 cm³/mol. The van der Waals surface area contributed by atoms with Crippen molar-refractivity contribution in [3.63, 3.8) is 0 Å². The zero-order valence-corrected chi connectivity index (χ0v) is 14.1. The quantitative estimate of drug-likeness (QED) is 0.774. The highest BCUT2D eigenvalue weighted by atomic mass is 16.7. The molecule has 1 atom stereocenters. The van der Waals surface area contributed by atoms with Gasteiger partial charge in [-0.25, -0.2) is 0 Å². The number of hydrogen-bond acceptors (Lipinski definition) is 4. The Morgan fingerprint density at radius 1 is 1.13 bits per heavy atom. The lowest BCUT2D eigenvalue weighted by molar-refractivity contribution is -0.119. The molecule has 5 heteroatoms. The second-order valence-electron chi connectivity index (χ2n) is 6.23. The first-order valence-corrected chi connectivity index (χ1v) is 8.76. The van der Waals surface area contributed by atoms with Crippen molar-refractivity contribution >= 4 is 17.3 Å². The van der Waals surface area contributed by atoms with Crippen LogP contribution in [-0.2, 0) is 4.79 Å². The maximum atomic E-state index is 12.7. The predicted octanol–water partition coefficient (Wildman–Crippen LogP) is 3.92. The summed E-state index contributed by atoms with van der Waals surface area (Å²) in [5.74, 6) is 1.64. The number of nitrogens with one attached hydrogen (secondary N) is 1. The average molecular weight is 318 g/mol. The Morgan fingerprint density at radius 3 is 2.61 bits per heavy atom. The first-order valence-electron chi connectivity index (χ1n) is 8.76. The van der Waals surface area contributed by atoms with Crippen LogP contribution in [0.4, 0.5) is 11.4 Å². The number of amides is 1. The van der Waals surface area contributed by atoms with Gasteiger partial charge in [-0.3, -0.25) is 4.79 Å². The van der Waals surface area contributed by atoms with Crippen molar-refractivity contribution in [1.82, 2.24) is 0 Å². The van der Waals surface area contributed by atoms with Crippen LogP contribution in [0.5, 0.6) is 11.5 Å². The van der Waals surface area contributed by atoms with E-state index < -0.39 is 0 Å². The van der Waals surface area contributed by atoms with Gasteiger partial charge in [-0.15, -0.1) is 0 Å². The van der Waals surface area contributed by atoms with Crippen LogP contribution in [0.15, 0.2) is 12.1 Å². The summed E-state index contributed by atoms with van der Waals surface area (Å²) in [4.78, 5) is 14.7. The van der Waals surface area contributed by atoms with Crippen LogP contribution in [0.1, 0.15) is 52.4 Å². The molecule has 0 fully saturated rings. The van der Waals surface area contributed by atoms with Crippen LogP contribution >= 0.6 is 0 Å². The van der Waals surface area contributed by atoms with E-state index in [-0.39, 0.29) is 18.7 Å². The van der Waals surface area contributed by atoms with Gasteiger partial charge in [0.2, 0.25) is 12.7 Å². The molecular formula is C18H26N2O3. The number of nitrogens with zero attached hydrogens (tertiary/aromatic N) is 1. The van der Waals surface area contributed by atoms with Gasteiger partial charge in [0.15, 0.2) is 11.5 Å². The largest absolute Gasteiger partial charge is 0.454 e. The first-order chi connectivity index (χ1) is 11.2. The van der Waals surface area contributed by atoms with Crippen LogP contribution in [-0.4, -0.2) is 25.3 Å². The van der Waals surface area contributed by atoms with Crippen LogP contribution in [0.25, 0.3) is 0 Å². The van der Waals surface area contributed by atoms with E-state index in [1.54, 1.807) is 0 Å². The molecule has 1 N–H and O–H groups in total. The molecule has 126 valence electrons. The molecule has 0 saturated carbocycles. The number of rotatable bonds is 7. The highest BCUT2D eigenvalue weighted by Gasteiger charge is 2.33. The summed E-state index contributed by atoms with van der Waals surface area (Å²) in [6, 6.07) is 3.73. The molecule has 2 heterocycles. The molecule has 0 spiro atoms. The highest BCUT2D eigenvalue weighted by Crippen LogP contribution is 2.43. The van der Waals surface area contributed by atoms with Crippen LogP contribution in [0.2, 0.25) is 0 Å². The Labute approximate surface area is 137 Å². The fraction of sp³-hybridized carbons (Fsp3) is 0.611. The minimum atomic E-state index is -0.154. The van der Waals surface area contributed by atoms with E-state index in [9.17, 15) is 4.79 Å². The molecule has 1 aromatic rings. The lowest BCUT2D eigenvalue weighted by Gasteiger charge is -2.35. The van der Waals surface area contributed by atoms with E-state index in [1.807, 2.05) is 24.0 Å². The van der Waals surface area contributed by atoms with Crippen molar-refractivity contribution in [3.05, 3.63) is 12.1 Å². The lowest BCUT2D eigenvalue weighted by Crippen LogP contribution is -2.47. The molecule has 1 amide bonds. The Bertz CT molecular complexity index is 574. The SMILES string of the molecule is CCCCCCCN1C(=O)C(CC)Nc2cc3c(cc21)OCO3. The first kappa shape index (κ1) is 16.0. The van der Waals surface area contributed by atoms with Crippen molar-refractivity contribution in [1.29, 1.82) is 0 Å². The minimum absolute atomic E-state index is 0.154. The average Bonchev–Trinajstić information content (AvgIpc) is 3.01. The Kier molecular flexibility index (Phi) is 4.94. The molecule has 1 unspecified atom stereocenters. The summed E-state index contributed by atoms with van der Waals surface area (Å²) in [5.41, 5.74) is 1.88. The second-order valence-corrected chi connectivity index (χ2v) is 6.23. The molecule has 0 aromatic heterocycles. The van der Waals surface area contributed by atoms with E-state index in [1.165, 1.54) is 25.7 Å². The number of carbonyl (C=O) groups excluding carboxylic acids is 1. The van der Waals surface area contributed by atoms with Gasteiger partial charge in [0, 0.05) is 18.7 Å². The van der Waals surface area contributed by atoms with Crippen LogP contribution < -0.4 is 19.7 Å². The summed E-state index contributed by atoms with van der Waals surface area (Å²) in [6.45, 7) is 5.27. The molecule has 0 saturated heterocycles. The molecule has 5 nitrogen and oxygen atoms in total. The van der Waals surface area contributed by atoms with E-state index in [2.05, 4.69) is 12.2 Å². The number of carbonyl (C=O) groups is 1. The van der Waals surface area contributed by atoms with Gasteiger partial charge in [-0.05, 0) is 12.8 Å². The van der Waals surface area contributed by atoms with Gasteiger partial charge in [0.05, 0.1) is 11.4 Å². The monoisotopic (exact) mass is 318 g/mol. The highest BCUT2D eigenvalue weighted by molar-refractivity contribution is 6.05. The normalized spacial score (nSPS) is 18.8. The third-order valence-electron chi connectivity index (χ3n) is 4.57. The zero-order valence-electron chi connectivity index (χ0n) is 14.1. The van der Waals surface area contributed by atoms with Crippen molar-refractivity contribution in [2.75, 3.05) is 23.6 Å². The van der Waals surface area contributed by atoms with Gasteiger partial charge < -0.3 is 19.7 Å². The van der Waals surface area contributed by atoms with Crippen molar-refractivity contribution in [3.8, 4) is 11.5 Å². The molecular weight excluding hydrogens is 292 g/mol. The summed E-state index contributed by atoms with van der Waals surface area (Å²) in [6.07, 6.45) is 6.72. The smallest absolute Gasteiger partial charge is 0.249 e.